The van der Waals surface area contributed by atoms with Crippen LogP contribution in [0.15, 0.2) is 36.5 Å². The zero-order valence-corrected chi connectivity index (χ0v) is 25.6. The molecule has 0 bridgehead atoms. The molecule has 11 heteroatoms. The lowest BCUT2D eigenvalue weighted by Gasteiger charge is -2.34. The molecule has 2 amide bonds. The average molecular weight is 615 g/mol. The molecule has 42 heavy (non-hydrogen) atoms. The van der Waals surface area contributed by atoms with Gasteiger partial charge in [0.25, 0.3) is 0 Å². The van der Waals surface area contributed by atoms with Crippen LogP contribution in [0.5, 0.6) is 0 Å². The number of aromatic nitrogens is 3. The first kappa shape index (κ1) is 28.9. The molecule has 3 aliphatic rings. The fourth-order valence-corrected chi connectivity index (χ4v) is 7.04. The first-order valence-corrected chi connectivity index (χ1v) is 15.1. The molecule has 1 saturated carbocycles. The molecule has 1 aliphatic carbocycles. The van der Waals surface area contributed by atoms with Crippen molar-refractivity contribution in [1.29, 1.82) is 0 Å². The molecule has 3 atom stereocenters. The number of benzene rings is 2. The third-order valence-electron chi connectivity index (χ3n) is 8.40. The van der Waals surface area contributed by atoms with E-state index in [1.807, 2.05) is 4.90 Å². The molecule has 0 spiro atoms. The lowest BCUT2D eigenvalue weighted by molar-refractivity contribution is -0.134. The molecule has 2 aromatic carbocycles. The normalized spacial score (nSPS) is 22.0. The first-order chi connectivity index (χ1) is 19.9. The Morgan fingerprint density at radius 1 is 1.12 bits per heavy atom. The van der Waals surface area contributed by atoms with Crippen LogP contribution in [0.1, 0.15) is 51.2 Å². The summed E-state index contributed by atoms with van der Waals surface area (Å²) in [5.74, 6) is 0.202. The molecular formula is C31H34Cl2FN5O3. The van der Waals surface area contributed by atoms with Gasteiger partial charge in [0.2, 0.25) is 5.91 Å². The van der Waals surface area contributed by atoms with Crippen molar-refractivity contribution in [2.45, 2.75) is 77.6 Å². The molecule has 3 aromatic rings. The van der Waals surface area contributed by atoms with Gasteiger partial charge in [-0.15, -0.1) is 5.10 Å². The summed E-state index contributed by atoms with van der Waals surface area (Å²) in [5.41, 5.74) is 1.81. The lowest BCUT2D eigenvalue weighted by Crippen LogP contribution is -2.53. The van der Waals surface area contributed by atoms with Gasteiger partial charge in [-0.2, -0.15) is 0 Å². The maximum Gasteiger partial charge on any atom is 0.415 e. The van der Waals surface area contributed by atoms with Crippen molar-refractivity contribution in [2.75, 3.05) is 11.4 Å². The number of hydrogen-bond donors (Lipinski definition) is 0. The van der Waals surface area contributed by atoms with Gasteiger partial charge >= 0.3 is 6.09 Å². The summed E-state index contributed by atoms with van der Waals surface area (Å²) in [4.78, 5) is 31.1. The fourth-order valence-electron chi connectivity index (χ4n) is 6.44. The Hall–Kier alpha value is -3.17. The number of ether oxygens (including phenoxy) is 1. The number of fused-ring (bicyclic) bond motifs is 1. The van der Waals surface area contributed by atoms with E-state index in [-0.39, 0.29) is 18.4 Å². The summed E-state index contributed by atoms with van der Waals surface area (Å²) >= 11 is 12.8. The zero-order valence-electron chi connectivity index (χ0n) is 24.1. The number of aryl methyl sites for hydroxylation is 1. The highest BCUT2D eigenvalue weighted by Gasteiger charge is 2.50. The minimum atomic E-state index is -0.903. The summed E-state index contributed by atoms with van der Waals surface area (Å²) in [6.07, 6.45) is 4.36. The van der Waals surface area contributed by atoms with Crippen molar-refractivity contribution in [2.24, 2.45) is 11.8 Å². The number of anilines is 1. The Morgan fingerprint density at radius 2 is 1.83 bits per heavy atom. The van der Waals surface area contributed by atoms with Crippen molar-refractivity contribution in [1.82, 2.24) is 19.9 Å². The van der Waals surface area contributed by atoms with E-state index in [0.29, 0.717) is 63.0 Å². The number of carbonyl (C=O) groups excluding carboxylic acids is 2. The van der Waals surface area contributed by atoms with Gasteiger partial charge in [0, 0.05) is 24.1 Å². The summed E-state index contributed by atoms with van der Waals surface area (Å²) in [7, 11) is 0. The summed E-state index contributed by atoms with van der Waals surface area (Å²) < 4.78 is 22.6. The third kappa shape index (κ3) is 5.49. The topological polar surface area (TPSA) is 80.6 Å². The van der Waals surface area contributed by atoms with Crippen molar-refractivity contribution < 1.29 is 18.7 Å². The molecule has 3 unspecified atom stereocenters. The van der Waals surface area contributed by atoms with Gasteiger partial charge in [0.15, 0.2) is 0 Å². The monoisotopic (exact) mass is 613 g/mol. The molecule has 0 N–H and O–H groups in total. The van der Waals surface area contributed by atoms with Gasteiger partial charge in [-0.25, -0.2) is 13.9 Å². The van der Waals surface area contributed by atoms with Crippen molar-refractivity contribution in [3.05, 3.63) is 63.5 Å². The number of halogens is 3. The molecular weight excluding hydrogens is 580 g/mol. The molecule has 222 valence electrons. The second-order valence-corrected chi connectivity index (χ2v) is 13.4. The second-order valence-electron chi connectivity index (χ2n) is 12.6. The quantitative estimate of drug-likeness (QED) is 0.320. The van der Waals surface area contributed by atoms with Crippen molar-refractivity contribution in [3.8, 4) is 11.3 Å². The highest BCUT2D eigenvalue weighted by Crippen LogP contribution is 2.46. The standard InChI is InChI=1S/C31H34Cl2FN5O3/c1-17-12-23(34)20-14-26(39(25(20)13-17)30(41)42-31(2,3)4)29(40)38-11-10-19(18-8-9-18)27(38)16-37-15-24(35-36-37)28-21(32)6-5-7-22(28)33/h5-7,12-13,15,18-19,26-27H,8-11,14,16H2,1-4H3. The van der Waals surface area contributed by atoms with E-state index in [4.69, 9.17) is 27.9 Å². The SMILES string of the molecule is Cc1cc(F)c2c(c1)N(C(=O)OC(C)(C)C)C(C(=O)N1CCC(C3CC3)C1Cn1cc(-c3c(Cl)cccc3Cl)nn1)C2. The number of rotatable bonds is 5. The van der Waals surface area contributed by atoms with Crippen molar-refractivity contribution in [3.63, 3.8) is 0 Å². The Labute approximate surface area is 254 Å². The van der Waals surface area contributed by atoms with Crippen LogP contribution in [0.4, 0.5) is 14.9 Å². The summed E-state index contributed by atoms with van der Waals surface area (Å²) in [6, 6.07) is 7.41. The van der Waals surface area contributed by atoms with Crippen LogP contribution in [0.25, 0.3) is 11.3 Å². The van der Waals surface area contributed by atoms with Crippen LogP contribution in [0.3, 0.4) is 0 Å². The van der Waals surface area contributed by atoms with Crippen molar-refractivity contribution >= 4 is 40.9 Å². The van der Waals surface area contributed by atoms with E-state index in [2.05, 4.69) is 10.3 Å². The molecule has 3 heterocycles. The minimum Gasteiger partial charge on any atom is -0.443 e. The molecule has 2 aliphatic heterocycles. The van der Waals surface area contributed by atoms with Crippen LogP contribution >= 0.6 is 23.2 Å². The molecule has 0 radical (unpaired) electrons. The summed E-state index contributed by atoms with van der Waals surface area (Å²) in [5, 5.41) is 9.65. The van der Waals surface area contributed by atoms with Gasteiger partial charge in [-0.05, 0) is 88.6 Å². The molecule has 8 nitrogen and oxygen atoms in total. The minimum absolute atomic E-state index is 0.0926. The number of likely N-dealkylation sites (tertiary alicyclic amines) is 1. The fraction of sp³-hybridized carbons (Fsp3) is 0.484. The number of carbonyl (C=O) groups is 2. The number of hydrogen-bond acceptors (Lipinski definition) is 5. The Balaban J connectivity index is 1.30. The predicted molar refractivity (Wildman–Crippen MR) is 159 cm³/mol. The molecule has 6 rings (SSSR count). The van der Waals surface area contributed by atoms with E-state index in [0.717, 1.165) is 19.3 Å². The Morgan fingerprint density at radius 3 is 2.50 bits per heavy atom. The van der Waals surface area contributed by atoms with Gasteiger partial charge in [-0.1, -0.05) is 34.5 Å². The largest absolute Gasteiger partial charge is 0.443 e. The zero-order chi connectivity index (χ0) is 29.9. The maximum absolute atomic E-state index is 15.1. The third-order valence-corrected chi connectivity index (χ3v) is 9.03. The number of amides is 2. The van der Waals surface area contributed by atoms with E-state index >= 15 is 4.39 Å². The first-order valence-electron chi connectivity index (χ1n) is 14.4. The van der Waals surface area contributed by atoms with E-state index < -0.39 is 23.6 Å². The van der Waals surface area contributed by atoms with E-state index in [9.17, 15) is 9.59 Å². The van der Waals surface area contributed by atoms with Gasteiger partial charge in [-0.3, -0.25) is 9.69 Å². The smallest absolute Gasteiger partial charge is 0.415 e. The highest BCUT2D eigenvalue weighted by atomic mass is 35.5. The van der Waals surface area contributed by atoms with E-state index in [1.54, 1.807) is 62.8 Å². The van der Waals surface area contributed by atoms with Gasteiger partial charge < -0.3 is 9.64 Å². The highest BCUT2D eigenvalue weighted by molar-refractivity contribution is 6.39. The van der Waals surface area contributed by atoms with E-state index in [1.165, 1.54) is 11.0 Å². The predicted octanol–water partition coefficient (Wildman–Crippen LogP) is 6.69. The Kier molecular flexibility index (Phi) is 7.46. The van der Waals surface area contributed by atoms with Crippen LogP contribution < -0.4 is 4.90 Å². The second kappa shape index (κ2) is 10.8. The van der Waals surface area contributed by atoms with Gasteiger partial charge in [0.05, 0.1) is 34.5 Å². The number of nitrogens with zero attached hydrogens (tertiary/aromatic N) is 5. The molecule has 1 aromatic heterocycles. The lowest BCUT2D eigenvalue weighted by atomic mass is 9.94. The average Bonchev–Trinajstić information content (AvgIpc) is 3.31. The van der Waals surface area contributed by atoms with Crippen LogP contribution in [0, 0.1) is 24.6 Å². The summed E-state index contributed by atoms with van der Waals surface area (Å²) in [6.45, 7) is 8.07. The van der Waals surface area contributed by atoms with Crippen LogP contribution in [-0.4, -0.2) is 56.1 Å². The van der Waals surface area contributed by atoms with Gasteiger partial charge in [0.1, 0.15) is 23.2 Å². The maximum atomic E-state index is 15.1. The van der Waals surface area contributed by atoms with Crippen LogP contribution in [0.2, 0.25) is 10.0 Å². The molecule has 2 fully saturated rings. The molecule has 1 saturated heterocycles. The Bertz CT molecular complexity index is 1530. The van der Waals surface area contributed by atoms with Crippen LogP contribution in [-0.2, 0) is 22.5 Å².